The molecule has 1 aromatic rings. The third-order valence-electron chi connectivity index (χ3n) is 3.78. The number of aromatic hydroxyl groups is 2. The number of hydrogen-bond acceptors (Lipinski definition) is 4. The lowest BCUT2D eigenvalue weighted by Gasteiger charge is -2.40. The second kappa shape index (κ2) is 5.48. The van der Waals surface area contributed by atoms with Crippen LogP contribution >= 0.6 is 0 Å². The van der Waals surface area contributed by atoms with Crippen molar-refractivity contribution in [3.63, 3.8) is 0 Å². The zero-order valence-corrected chi connectivity index (χ0v) is 11.0. The molecular weight excluding hydrogens is 244 g/mol. The molecule has 1 saturated heterocycles. The van der Waals surface area contributed by atoms with Gasteiger partial charge in [0, 0.05) is 18.6 Å². The molecule has 0 saturated carbocycles. The van der Waals surface area contributed by atoms with Gasteiger partial charge in [0.25, 0.3) is 5.91 Å². The molecule has 2 unspecified atom stereocenters. The Balaban J connectivity index is 2.33. The molecule has 0 aliphatic carbocycles. The van der Waals surface area contributed by atoms with Crippen LogP contribution in [0.5, 0.6) is 11.5 Å². The number of hydrogen-bond donors (Lipinski definition) is 3. The number of carbonyl (C=O) groups excluding carboxylic acids is 1. The maximum absolute atomic E-state index is 12.6. The van der Waals surface area contributed by atoms with Gasteiger partial charge < -0.3 is 20.8 Å². The fourth-order valence-corrected chi connectivity index (χ4v) is 2.73. The number of phenolic OH excluding ortho intramolecular Hbond substituents is 2. The molecule has 1 heterocycles. The molecule has 19 heavy (non-hydrogen) atoms. The van der Waals surface area contributed by atoms with Crippen molar-refractivity contribution in [1.82, 2.24) is 4.90 Å². The molecule has 104 valence electrons. The van der Waals surface area contributed by atoms with E-state index in [1.807, 2.05) is 6.92 Å². The van der Waals surface area contributed by atoms with E-state index < -0.39 is 0 Å². The van der Waals surface area contributed by atoms with E-state index >= 15 is 0 Å². The smallest absolute Gasteiger partial charge is 0.258 e. The van der Waals surface area contributed by atoms with E-state index in [4.69, 9.17) is 5.73 Å². The van der Waals surface area contributed by atoms with Crippen molar-refractivity contribution in [3.05, 3.63) is 23.8 Å². The molecule has 0 aromatic heterocycles. The van der Waals surface area contributed by atoms with Gasteiger partial charge >= 0.3 is 0 Å². The van der Waals surface area contributed by atoms with Gasteiger partial charge in [0.1, 0.15) is 0 Å². The van der Waals surface area contributed by atoms with Gasteiger partial charge in [-0.1, -0.05) is 6.07 Å². The zero-order valence-electron chi connectivity index (χ0n) is 11.0. The number of phenols is 2. The summed E-state index contributed by atoms with van der Waals surface area (Å²) in [6, 6.07) is 4.52. The Bertz CT molecular complexity index is 476. The largest absolute Gasteiger partial charge is 0.504 e. The van der Waals surface area contributed by atoms with Crippen LogP contribution in [0.2, 0.25) is 0 Å². The van der Waals surface area contributed by atoms with E-state index in [9.17, 15) is 15.0 Å². The highest BCUT2D eigenvalue weighted by Crippen LogP contribution is 2.32. The van der Waals surface area contributed by atoms with Gasteiger partial charge in [-0.3, -0.25) is 4.79 Å². The van der Waals surface area contributed by atoms with Crippen molar-refractivity contribution < 1.29 is 15.0 Å². The molecule has 1 aromatic carbocycles. The topological polar surface area (TPSA) is 86.8 Å². The third-order valence-corrected chi connectivity index (χ3v) is 3.78. The van der Waals surface area contributed by atoms with Gasteiger partial charge in [0.2, 0.25) is 0 Å². The minimum Gasteiger partial charge on any atom is -0.504 e. The van der Waals surface area contributed by atoms with Crippen molar-refractivity contribution in [2.24, 2.45) is 5.73 Å². The summed E-state index contributed by atoms with van der Waals surface area (Å²) in [5.74, 6) is -0.906. The van der Waals surface area contributed by atoms with E-state index in [0.29, 0.717) is 6.54 Å². The minimum absolute atomic E-state index is 0.00185. The first-order valence-corrected chi connectivity index (χ1v) is 6.60. The fourth-order valence-electron chi connectivity index (χ4n) is 2.73. The standard InChI is InChI=1S/C14H20N2O3/c1-9-4-2-5-10(8-15)16(9)14(19)11-6-3-7-12(17)13(11)18/h3,6-7,9-10,17-18H,2,4-5,8,15H2,1H3. The molecule has 2 atom stereocenters. The maximum Gasteiger partial charge on any atom is 0.258 e. The highest BCUT2D eigenvalue weighted by Gasteiger charge is 2.32. The maximum atomic E-state index is 12.6. The molecule has 0 radical (unpaired) electrons. The van der Waals surface area contributed by atoms with E-state index in [-0.39, 0.29) is 35.1 Å². The lowest BCUT2D eigenvalue weighted by molar-refractivity contribution is 0.0490. The van der Waals surface area contributed by atoms with Crippen LogP contribution < -0.4 is 5.73 Å². The Morgan fingerprint density at radius 1 is 1.42 bits per heavy atom. The quantitative estimate of drug-likeness (QED) is 0.705. The Morgan fingerprint density at radius 3 is 2.84 bits per heavy atom. The molecule has 5 heteroatoms. The van der Waals surface area contributed by atoms with Gasteiger partial charge in [-0.15, -0.1) is 0 Å². The number of rotatable bonds is 2. The molecule has 1 fully saturated rings. The average molecular weight is 264 g/mol. The van der Waals surface area contributed by atoms with Gasteiger partial charge in [-0.25, -0.2) is 0 Å². The summed E-state index contributed by atoms with van der Waals surface area (Å²) in [5.41, 5.74) is 5.87. The third kappa shape index (κ3) is 2.51. The van der Waals surface area contributed by atoms with Gasteiger partial charge in [0.05, 0.1) is 5.56 Å². The van der Waals surface area contributed by atoms with Gasteiger partial charge in [-0.2, -0.15) is 0 Å². The summed E-state index contributed by atoms with van der Waals surface area (Å²) >= 11 is 0. The molecule has 0 spiro atoms. The Kier molecular flexibility index (Phi) is 3.95. The molecule has 1 aliphatic heterocycles. The van der Waals surface area contributed by atoms with E-state index in [1.54, 1.807) is 11.0 Å². The summed E-state index contributed by atoms with van der Waals surface area (Å²) in [7, 11) is 0. The number of para-hydroxylation sites is 1. The normalized spacial score (nSPS) is 23.4. The first kappa shape index (κ1) is 13.7. The number of amides is 1. The zero-order chi connectivity index (χ0) is 14.0. The summed E-state index contributed by atoms with van der Waals surface area (Å²) in [6.07, 6.45) is 2.87. The average Bonchev–Trinajstić information content (AvgIpc) is 2.40. The number of piperidine rings is 1. The molecular formula is C14H20N2O3. The van der Waals surface area contributed by atoms with Crippen LogP contribution in [0.4, 0.5) is 0 Å². The fraction of sp³-hybridized carbons (Fsp3) is 0.500. The Morgan fingerprint density at radius 2 is 2.16 bits per heavy atom. The lowest BCUT2D eigenvalue weighted by Crippen LogP contribution is -2.51. The van der Waals surface area contributed by atoms with E-state index in [0.717, 1.165) is 19.3 Å². The molecule has 4 N–H and O–H groups in total. The summed E-state index contributed by atoms with van der Waals surface area (Å²) in [4.78, 5) is 14.3. The first-order valence-electron chi connectivity index (χ1n) is 6.60. The Labute approximate surface area is 112 Å². The van der Waals surface area contributed by atoms with Gasteiger partial charge in [0.15, 0.2) is 11.5 Å². The van der Waals surface area contributed by atoms with Crippen LogP contribution in [0.3, 0.4) is 0 Å². The predicted molar refractivity (Wildman–Crippen MR) is 72.1 cm³/mol. The molecule has 1 aliphatic rings. The number of likely N-dealkylation sites (tertiary alicyclic amines) is 1. The second-order valence-electron chi connectivity index (χ2n) is 5.06. The monoisotopic (exact) mass is 264 g/mol. The number of nitrogens with zero attached hydrogens (tertiary/aromatic N) is 1. The van der Waals surface area contributed by atoms with E-state index in [1.165, 1.54) is 12.1 Å². The van der Waals surface area contributed by atoms with Crippen LogP contribution in [0.25, 0.3) is 0 Å². The number of benzene rings is 1. The minimum atomic E-state index is -0.360. The van der Waals surface area contributed by atoms with Crippen molar-refractivity contribution in [3.8, 4) is 11.5 Å². The Hall–Kier alpha value is -1.75. The van der Waals surface area contributed by atoms with Crippen LogP contribution in [0.15, 0.2) is 18.2 Å². The number of carbonyl (C=O) groups is 1. The molecule has 5 nitrogen and oxygen atoms in total. The highest BCUT2D eigenvalue weighted by atomic mass is 16.3. The summed E-state index contributed by atoms with van der Waals surface area (Å²) in [5, 5.41) is 19.3. The van der Waals surface area contributed by atoms with Crippen molar-refractivity contribution in [1.29, 1.82) is 0 Å². The molecule has 0 bridgehead atoms. The summed E-state index contributed by atoms with van der Waals surface area (Å²) in [6.45, 7) is 2.40. The van der Waals surface area contributed by atoms with Crippen LogP contribution in [0, 0.1) is 0 Å². The molecule has 2 rings (SSSR count). The van der Waals surface area contributed by atoms with Crippen molar-refractivity contribution in [2.45, 2.75) is 38.3 Å². The van der Waals surface area contributed by atoms with Gasteiger partial charge in [-0.05, 0) is 38.3 Å². The highest BCUT2D eigenvalue weighted by molar-refractivity contribution is 5.98. The van der Waals surface area contributed by atoms with Crippen molar-refractivity contribution >= 4 is 5.91 Å². The first-order chi connectivity index (χ1) is 9.06. The number of nitrogens with two attached hydrogens (primary N) is 1. The van der Waals surface area contributed by atoms with E-state index in [2.05, 4.69) is 0 Å². The van der Waals surface area contributed by atoms with Crippen molar-refractivity contribution in [2.75, 3.05) is 6.54 Å². The predicted octanol–water partition coefficient (Wildman–Crippen LogP) is 1.44. The van der Waals surface area contributed by atoms with Crippen LogP contribution in [-0.4, -0.2) is 39.6 Å². The molecule has 1 amide bonds. The van der Waals surface area contributed by atoms with Crippen LogP contribution in [-0.2, 0) is 0 Å². The lowest BCUT2D eigenvalue weighted by atomic mass is 9.95. The van der Waals surface area contributed by atoms with Crippen LogP contribution in [0.1, 0.15) is 36.5 Å². The SMILES string of the molecule is CC1CCCC(CN)N1C(=O)c1cccc(O)c1O. The summed E-state index contributed by atoms with van der Waals surface area (Å²) < 4.78 is 0. The second-order valence-corrected chi connectivity index (χ2v) is 5.06.